The number of carbonyl (C=O) groups is 1. The van der Waals surface area contributed by atoms with Crippen molar-refractivity contribution in [2.75, 3.05) is 13.2 Å². The SMILES string of the molecule is CC(=O)OCC1CCC(C)(CCC=C(C)C)OC/C1=C\CC=C(C)C. The van der Waals surface area contributed by atoms with E-state index in [-0.39, 0.29) is 17.5 Å². The summed E-state index contributed by atoms with van der Waals surface area (Å²) in [7, 11) is 0. The number of carbonyl (C=O) groups excluding carboxylic acids is 1. The molecule has 2 unspecified atom stereocenters. The number of rotatable bonds is 7. The van der Waals surface area contributed by atoms with Gasteiger partial charge in [-0.15, -0.1) is 0 Å². The molecule has 0 aliphatic carbocycles. The molecule has 1 aliphatic rings. The molecule has 1 fully saturated rings. The molecule has 0 aromatic heterocycles. The van der Waals surface area contributed by atoms with Crippen LogP contribution in [0, 0.1) is 5.92 Å². The second-order valence-corrected chi connectivity index (χ2v) is 7.89. The van der Waals surface area contributed by atoms with E-state index in [0.717, 1.165) is 32.1 Å². The zero-order chi connectivity index (χ0) is 18.9. The van der Waals surface area contributed by atoms with Crippen molar-refractivity contribution in [3.05, 3.63) is 34.9 Å². The Morgan fingerprint density at radius 1 is 1.20 bits per heavy atom. The Labute approximate surface area is 154 Å². The van der Waals surface area contributed by atoms with Crippen molar-refractivity contribution in [3.8, 4) is 0 Å². The van der Waals surface area contributed by atoms with E-state index in [0.29, 0.717) is 13.2 Å². The maximum atomic E-state index is 11.2. The second kappa shape index (κ2) is 10.6. The summed E-state index contributed by atoms with van der Waals surface area (Å²) < 4.78 is 11.6. The van der Waals surface area contributed by atoms with E-state index >= 15 is 0 Å². The van der Waals surface area contributed by atoms with Crippen LogP contribution in [0.5, 0.6) is 0 Å². The molecule has 0 aromatic rings. The first-order chi connectivity index (χ1) is 11.7. The third kappa shape index (κ3) is 9.06. The smallest absolute Gasteiger partial charge is 0.302 e. The molecule has 0 bridgehead atoms. The van der Waals surface area contributed by atoms with E-state index in [1.54, 1.807) is 0 Å². The van der Waals surface area contributed by atoms with Crippen molar-refractivity contribution in [2.24, 2.45) is 5.92 Å². The lowest BCUT2D eigenvalue weighted by Gasteiger charge is -2.27. The van der Waals surface area contributed by atoms with Crippen molar-refractivity contribution < 1.29 is 14.3 Å². The number of allylic oxidation sites excluding steroid dienone is 5. The van der Waals surface area contributed by atoms with Crippen molar-refractivity contribution in [1.29, 1.82) is 0 Å². The maximum absolute atomic E-state index is 11.2. The molecule has 0 amide bonds. The molecular formula is C22H36O3. The first-order valence-electron chi connectivity index (χ1n) is 9.45. The molecule has 0 spiro atoms. The molecule has 25 heavy (non-hydrogen) atoms. The first-order valence-corrected chi connectivity index (χ1v) is 9.45. The largest absolute Gasteiger partial charge is 0.465 e. The maximum Gasteiger partial charge on any atom is 0.302 e. The fourth-order valence-electron chi connectivity index (χ4n) is 3.06. The Morgan fingerprint density at radius 2 is 1.88 bits per heavy atom. The number of hydrogen-bond acceptors (Lipinski definition) is 3. The van der Waals surface area contributed by atoms with E-state index < -0.39 is 0 Å². The first kappa shape index (κ1) is 21.7. The molecule has 1 saturated heterocycles. The van der Waals surface area contributed by atoms with Crippen LogP contribution >= 0.6 is 0 Å². The van der Waals surface area contributed by atoms with E-state index in [1.165, 1.54) is 23.6 Å². The Morgan fingerprint density at radius 3 is 2.48 bits per heavy atom. The van der Waals surface area contributed by atoms with Crippen LogP contribution in [-0.2, 0) is 14.3 Å². The molecule has 1 heterocycles. The number of hydrogen-bond donors (Lipinski definition) is 0. The van der Waals surface area contributed by atoms with Crippen LogP contribution in [0.1, 0.15) is 73.6 Å². The van der Waals surface area contributed by atoms with Crippen molar-refractivity contribution in [3.63, 3.8) is 0 Å². The van der Waals surface area contributed by atoms with Gasteiger partial charge in [0.1, 0.15) is 0 Å². The molecule has 3 nitrogen and oxygen atoms in total. The van der Waals surface area contributed by atoms with Gasteiger partial charge in [-0.25, -0.2) is 0 Å². The second-order valence-electron chi connectivity index (χ2n) is 7.89. The Hall–Kier alpha value is -1.35. The quantitative estimate of drug-likeness (QED) is 0.433. The fourth-order valence-corrected chi connectivity index (χ4v) is 3.06. The normalized spacial score (nSPS) is 25.2. The standard InChI is InChI=1S/C22H36O3/c1-17(2)9-7-11-20-16-25-22(6,13-8-10-18(3)4)14-12-21(20)15-24-19(5)23/h9-11,21H,7-8,12-16H2,1-6H3/b20-11+. The van der Waals surface area contributed by atoms with Crippen LogP contribution in [0.3, 0.4) is 0 Å². The highest BCUT2D eigenvalue weighted by molar-refractivity contribution is 5.65. The molecule has 1 rings (SSSR count). The topological polar surface area (TPSA) is 35.5 Å². The number of ether oxygens (including phenoxy) is 2. The van der Waals surface area contributed by atoms with Gasteiger partial charge in [0, 0.05) is 12.8 Å². The Kier molecular flexibility index (Phi) is 9.20. The van der Waals surface area contributed by atoms with Crippen molar-refractivity contribution in [2.45, 2.75) is 79.2 Å². The highest BCUT2D eigenvalue weighted by Crippen LogP contribution is 2.34. The van der Waals surface area contributed by atoms with Crippen LogP contribution in [0.25, 0.3) is 0 Å². The van der Waals surface area contributed by atoms with Gasteiger partial charge in [0.05, 0.1) is 18.8 Å². The lowest BCUT2D eigenvalue weighted by molar-refractivity contribution is -0.142. The van der Waals surface area contributed by atoms with Crippen LogP contribution in [0.15, 0.2) is 34.9 Å². The van der Waals surface area contributed by atoms with Crippen molar-refractivity contribution in [1.82, 2.24) is 0 Å². The lowest BCUT2D eigenvalue weighted by Crippen LogP contribution is -2.27. The summed E-state index contributed by atoms with van der Waals surface area (Å²) >= 11 is 0. The summed E-state index contributed by atoms with van der Waals surface area (Å²) in [5.74, 6) is 0.0554. The molecule has 0 N–H and O–H groups in total. The molecule has 0 radical (unpaired) electrons. The van der Waals surface area contributed by atoms with E-state index in [2.05, 4.69) is 52.8 Å². The predicted octanol–water partition coefficient (Wildman–Crippen LogP) is 5.76. The van der Waals surface area contributed by atoms with Gasteiger partial charge >= 0.3 is 5.97 Å². The van der Waals surface area contributed by atoms with Gasteiger partial charge in [-0.3, -0.25) is 4.79 Å². The Balaban J connectivity index is 2.81. The highest BCUT2D eigenvalue weighted by atomic mass is 16.5. The molecular weight excluding hydrogens is 312 g/mol. The summed E-state index contributed by atoms with van der Waals surface area (Å²) in [6.07, 6.45) is 11.7. The van der Waals surface area contributed by atoms with Gasteiger partial charge in [-0.2, -0.15) is 0 Å². The third-order valence-corrected chi connectivity index (χ3v) is 4.75. The lowest BCUT2D eigenvalue weighted by atomic mass is 9.88. The number of esters is 1. The average Bonchev–Trinajstić information content (AvgIpc) is 2.65. The van der Waals surface area contributed by atoms with E-state index in [1.807, 2.05) is 0 Å². The highest BCUT2D eigenvalue weighted by Gasteiger charge is 2.31. The summed E-state index contributed by atoms with van der Waals surface area (Å²) in [6, 6.07) is 0. The fraction of sp³-hybridized carbons (Fsp3) is 0.682. The van der Waals surface area contributed by atoms with Gasteiger partial charge in [-0.05, 0) is 72.3 Å². The minimum absolute atomic E-state index is 0.105. The molecule has 0 aromatic carbocycles. The molecule has 2 atom stereocenters. The van der Waals surface area contributed by atoms with Crippen LogP contribution in [0.4, 0.5) is 0 Å². The predicted molar refractivity (Wildman–Crippen MR) is 105 cm³/mol. The summed E-state index contributed by atoms with van der Waals surface area (Å²) in [5, 5.41) is 0. The summed E-state index contributed by atoms with van der Waals surface area (Å²) in [6.45, 7) is 13.3. The van der Waals surface area contributed by atoms with E-state index in [9.17, 15) is 4.79 Å². The monoisotopic (exact) mass is 348 g/mol. The van der Waals surface area contributed by atoms with Crippen LogP contribution in [-0.4, -0.2) is 24.8 Å². The van der Waals surface area contributed by atoms with Gasteiger partial charge in [0.15, 0.2) is 0 Å². The summed E-state index contributed by atoms with van der Waals surface area (Å²) in [4.78, 5) is 11.2. The van der Waals surface area contributed by atoms with Crippen LogP contribution < -0.4 is 0 Å². The van der Waals surface area contributed by atoms with Crippen molar-refractivity contribution >= 4 is 5.97 Å². The van der Waals surface area contributed by atoms with Crippen LogP contribution in [0.2, 0.25) is 0 Å². The third-order valence-electron chi connectivity index (χ3n) is 4.75. The minimum Gasteiger partial charge on any atom is -0.465 e. The summed E-state index contributed by atoms with van der Waals surface area (Å²) in [5.41, 5.74) is 3.83. The molecule has 3 heteroatoms. The van der Waals surface area contributed by atoms with Gasteiger partial charge in [0.25, 0.3) is 0 Å². The molecule has 142 valence electrons. The average molecular weight is 349 g/mol. The zero-order valence-electron chi connectivity index (χ0n) is 17.0. The van der Waals surface area contributed by atoms with Gasteiger partial charge in [0.2, 0.25) is 0 Å². The molecule has 0 saturated carbocycles. The van der Waals surface area contributed by atoms with Gasteiger partial charge in [-0.1, -0.05) is 29.4 Å². The zero-order valence-corrected chi connectivity index (χ0v) is 17.0. The molecule has 1 aliphatic heterocycles. The Bertz CT molecular complexity index is 519. The minimum atomic E-state index is -0.208. The van der Waals surface area contributed by atoms with Gasteiger partial charge < -0.3 is 9.47 Å². The van der Waals surface area contributed by atoms with E-state index in [4.69, 9.17) is 9.47 Å².